The van der Waals surface area contributed by atoms with Gasteiger partial charge in [0.2, 0.25) is 0 Å². The van der Waals surface area contributed by atoms with Crippen LogP contribution < -0.4 is 30.0 Å². The summed E-state index contributed by atoms with van der Waals surface area (Å²) in [7, 11) is -1.59. The predicted octanol–water partition coefficient (Wildman–Crippen LogP) is -1.27. The van der Waals surface area contributed by atoms with E-state index >= 15 is 0 Å². The molecule has 0 spiro atoms. The summed E-state index contributed by atoms with van der Waals surface area (Å²) in [4.78, 5) is 1.45. The van der Waals surface area contributed by atoms with Crippen molar-refractivity contribution >= 4 is 25.0 Å². The number of benzene rings is 1. The zero-order chi connectivity index (χ0) is 14.1. The first kappa shape index (κ1) is 24.8. The molecule has 0 aromatic heterocycles. The van der Waals surface area contributed by atoms with Crippen molar-refractivity contribution in [2.75, 3.05) is 0 Å². The Bertz CT molecular complexity index is 534. The van der Waals surface area contributed by atoms with E-state index in [-0.39, 0.29) is 51.3 Å². The number of halogens is 2. The summed E-state index contributed by atoms with van der Waals surface area (Å²) in [5.74, 6) is 0. The molecule has 0 N–H and O–H groups in total. The Hall–Kier alpha value is 0.561. The smallest absolute Gasteiger partial charge is 1.00 e. The molecule has 0 nitrogen and oxygen atoms in total. The fraction of sp³-hybridized carbons (Fsp3) is 0.412. The Morgan fingerprint density at radius 1 is 1.09 bits per heavy atom. The van der Waals surface area contributed by atoms with Gasteiger partial charge < -0.3 is 24.8 Å². The summed E-state index contributed by atoms with van der Waals surface area (Å²) >= 11 is 1.98. The molecule has 0 bridgehead atoms. The van der Waals surface area contributed by atoms with Crippen molar-refractivity contribution in [3.05, 3.63) is 47.7 Å². The van der Waals surface area contributed by atoms with Gasteiger partial charge in [-0.15, -0.1) is 18.2 Å². The van der Waals surface area contributed by atoms with Crippen LogP contribution in [0.15, 0.2) is 46.5 Å². The standard InChI is InChI=1S/C17H23SSi.2ClH.Ti/c1-17(2,3)18-15-12-8-9-13-16(15)19(4,5)14-10-6-7-11-14;;;/h6,8-10,12-13H,7H2,1-5H3;2*1H;/q-1;;;+3/p-2. The van der Waals surface area contributed by atoms with E-state index < -0.39 is 8.07 Å². The topological polar surface area (TPSA) is 0 Å². The Morgan fingerprint density at radius 2 is 1.68 bits per heavy atom. The maximum atomic E-state index is 3.54. The molecular formula is C17H23Cl2SSiTi. The quantitative estimate of drug-likeness (QED) is 0.343. The summed E-state index contributed by atoms with van der Waals surface area (Å²) in [5.41, 5.74) is 0. The van der Waals surface area contributed by atoms with Crippen molar-refractivity contribution < 1.29 is 46.5 Å². The molecule has 22 heavy (non-hydrogen) atoms. The maximum Gasteiger partial charge on any atom is 3.00 e. The zero-order valence-corrected chi connectivity index (χ0v) is 18.7. The third kappa shape index (κ3) is 6.22. The third-order valence-corrected chi connectivity index (χ3v) is 8.19. The number of allylic oxidation sites excluding steroid dienone is 4. The summed E-state index contributed by atoms with van der Waals surface area (Å²) in [5, 5.41) is 3.00. The number of rotatable bonds is 3. The minimum Gasteiger partial charge on any atom is -1.00 e. The van der Waals surface area contributed by atoms with Gasteiger partial charge in [0, 0.05) is 9.64 Å². The molecule has 1 aromatic rings. The van der Waals surface area contributed by atoms with Crippen molar-refractivity contribution in [3.8, 4) is 0 Å². The Morgan fingerprint density at radius 3 is 2.18 bits per heavy atom. The van der Waals surface area contributed by atoms with Crippen LogP contribution in [0.1, 0.15) is 27.2 Å². The first-order valence-corrected chi connectivity index (χ1v) is 10.7. The molecule has 1 aromatic carbocycles. The van der Waals surface area contributed by atoms with Gasteiger partial charge in [-0.2, -0.15) is 6.08 Å². The Balaban J connectivity index is 0. The minimum atomic E-state index is -1.59. The fourth-order valence-corrected chi connectivity index (χ4v) is 6.86. The normalized spacial score (nSPS) is 13.6. The van der Waals surface area contributed by atoms with Crippen molar-refractivity contribution in [2.45, 2.75) is 49.9 Å². The average molecular weight is 406 g/mol. The van der Waals surface area contributed by atoms with Gasteiger partial charge in [0.15, 0.2) is 0 Å². The molecule has 0 heterocycles. The zero-order valence-electron chi connectivity index (χ0n) is 13.8. The molecule has 0 amide bonds. The van der Waals surface area contributed by atoms with E-state index in [0.717, 1.165) is 6.42 Å². The molecule has 0 aliphatic heterocycles. The van der Waals surface area contributed by atoms with Gasteiger partial charge in [0.05, 0.1) is 8.07 Å². The van der Waals surface area contributed by atoms with Crippen molar-refractivity contribution in [2.24, 2.45) is 0 Å². The Labute approximate surface area is 168 Å². The van der Waals surface area contributed by atoms with Crippen LogP contribution in [0.4, 0.5) is 0 Å². The third-order valence-electron chi connectivity index (χ3n) is 3.34. The van der Waals surface area contributed by atoms with Gasteiger partial charge in [-0.3, -0.25) is 6.08 Å². The molecule has 0 atom stereocenters. The van der Waals surface area contributed by atoms with Gasteiger partial charge in [0.1, 0.15) is 0 Å². The SMILES string of the molecule is CC(C)(C)Sc1ccccc1[Si](C)(C)C1=[C-]CC=C1.[Cl-].[Cl-].[Ti+3]. The molecule has 1 aliphatic rings. The largest absolute Gasteiger partial charge is 3.00 e. The second-order valence-electron chi connectivity index (χ2n) is 6.53. The molecule has 5 heteroatoms. The van der Waals surface area contributed by atoms with Crippen LogP contribution in [-0.2, 0) is 21.7 Å². The van der Waals surface area contributed by atoms with Gasteiger partial charge in [-0.25, -0.2) is 11.3 Å². The van der Waals surface area contributed by atoms with Gasteiger partial charge in [0.25, 0.3) is 0 Å². The van der Waals surface area contributed by atoms with Gasteiger partial charge >= 0.3 is 21.7 Å². The summed E-state index contributed by atoms with van der Waals surface area (Å²) in [6.07, 6.45) is 9.04. The molecule has 0 fully saturated rings. The van der Waals surface area contributed by atoms with E-state index in [2.05, 4.69) is 76.4 Å². The molecule has 1 aliphatic carbocycles. The molecule has 0 unspecified atom stereocenters. The van der Waals surface area contributed by atoms with Crippen LogP contribution in [0.2, 0.25) is 13.1 Å². The van der Waals surface area contributed by atoms with Crippen molar-refractivity contribution in [1.29, 1.82) is 0 Å². The molecular weight excluding hydrogens is 383 g/mol. The van der Waals surface area contributed by atoms with Crippen molar-refractivity contribution in [1.82, 2.24) is 0 Å². The van der Waals surface area contributed by atoms with Crippen LogP contribution in [0.25, 0.3) is 0 Å². The molecule has 119 valence electrons. The van der Waals surface area contributed by atoms with Crippen LogP contribution in [0.3, 0.4) is 0 Å². The monoisotopic (exact) mass is 405 g/mol. The van der Waals surface area contributed by atoms with Gasteiger partial charge in [-0.05, 0) is 11.3 Å². The van der Waals surface area contributed by atoms with Crippen LogP contribution in [0.5, 0.6) is 0 Å². The fourth-order valence-electron chi connectivity index (χ4n) is 2.38. The second-order valence-corrected chi connectivity index (χ2v) is 12.7. The van der Waals surface area contributed by atoms with E-state index in [0.29, 0.717) is 0 Å². The molecule has 1 radical (unpaired) electrons. The van der Waals surface area contributed by atoms with E-state index in [9.17, 15) is 0 Å². The summed E-state index contributed by atoms with van der Waals surface area (Å²) < 4.78 is 0.254. The van der Waals surface area contributed by atoms with Crippen molar-refractivity contribution in [3.63, 3.8) is 0 Å². The maximum absolute atomic E-state index is 3.54. The molecule has 0 saturated heterocycles. The second kappa shape index (κ2) is 9.76. The summed E-state index contributed by atoms with van der Waals surface area (Å²) in [6, 6.07) is 8.93. The van der Waals surface area contributed by atoms with Crippen LogP contribution >= 0.6 is 11.8 Å². The Kier molecular flexibility index (Phi) is 11.0. The van der Waals surface area contributed by atoms with E-state index in [1.54, 1.807) is 5.19 Å². The number of hydrogen-bond acceptors (Lipinski definition) is 1. The van der Waals surface area contributed by atoms with Crippen LogP contribution in [-0.4, -0.2) is 12.8 Å². The van der Waals surface area contributed by atoms with Crippen LogP contribution in [0, 0.1) is 6.08 Å². The predicted molar refractivity (Wildman–Crippen MR) is 89.7 cm³/mol. The number of hydrogen-bond donors (Lipinski definition) is 0. The van der Waals surface area contributed by atoms with E-state index in [1.807, 2.05) is 11.8 Å². The number of thioether (sulfide) groups is 1. The minimum absolute atomic E-state index is 0. The summed E-state index contributed by atoms with van der Waals surface area (Å²) in [6.45, 7) is 11.7. The first-order chi connectivity index (χ1) is 8.81. The van der Waals surface area contributed by atoms with Gasteiger partial charge in [-0.1, -0.05) is 52.1 Å². The molecule has 2 rings (SSSR count). The van der Waals surface area contributed by atoms with E-state index in [4.69, 9.17) is 0 Å². The average Bonchev–Trinajstić information content (AvgIpc) is 2.81. The van der Waals surface area contributed by atoms with E-state index in [1.165, 1.54) is 10.1 Å². The first-order valence-electron chi connectivity index (χ1n) is 6.87. The molecule has 0 saturated carbocycles.